The van der Waals surface area contributed by atoms with Crippen LogP contribution in [0.4, 0.5) is 0 Å². The van der Waals surface area contributed by atoms with E-state index in [9.17, 15) is 4.79 Å². The van der Waals surface area contributed by atoms with Crippen LogP contribution in [-0.4, -0.2) is 20.2 Å². The number of nitrogens with zero attached hydrogens (tertiary/aromatic N) is 3. The van der Waals surface area contributed by atoms with Crippen LogP contribution < -0.4 is 5.56 Å². The summed E-state index contributed by atoms with van der Waals surface area (Å²) in [6.07, 6.45) is 1.58. The first-order valence-corrected chi connectivity index (χ1v) is 8.54. The van der Waals surface area contributed by atoms with Crippen LogP contribution in [-0.2, 0) is 5.75 Å². The number of aromatic nitrogens is 4. The summed E-state index contributed by atoms with van der Waals surface area (Å²) < 4.78 is 11.5. The highest BCUT2D eigenvalue weighted by Crippen LogP contribution is 2.27. The largest absolute Gasteiger partial charge is 0.469 e. The molecule has 0 spiro atoms. The molecular weight excluding hydrogens is 336 g/mol. The average Bonchev–Trinajstić information content (AvgIpc) is 3.24. The van der Waals surface area contributed by atoms with E-state index in [0.29, 0.717) is 32.9 Å². The molecular formula is C14H10N4O3S2. The number of aryl methyl sites for hydroxylation is 1. The minimum absolute atomic E-state index is 0.124. The molecule has 0 aliphatic carbocycles. The molecule has 0 saturated heterocycles. The minimum Gasteiger partial charge on any atom is -0.469 e. The lowest BCUT2D eigenvalue weighted by Gasteiger charge is -1.98. The molecule has 9 heteroatoms. The van der Waals surface area contributed by atoms with Gasteiger partial charge in [0.25, 0.3) is 16.7 Å². The lowest BCUT2D eigenvalue weighted by atomic mass is 10.3. The Morgan fingerprint density at radius 3 is 3.09 bits per heavy atom. The van der Waals surface area contributed by atoms with Gasteiger partial charge >= 0.3 is 0 Å². The summed E-state index contributed by atoms with van der Waals surface area (Å²) in [6, 6.07) is 3.61. The van der Waals surface area contributed by atoms with E-state index >= 15 is 0 Å². The number of hydrogen-bond acceptors (Lipinski definition) is 8. The fourth-order valence-electron chi connectivity index (χ4n) is 2.10. The fraction of sp³-hybridized carbons (Fsp3) is 0.143. The van der Waals surface area contributed by atoms with Gasteiger partial charge in [0.1, 0.15) is 16.3 Å². The van der Waals surface area contributed by atoms with Gasteiger partial charge < -0.3 is 13.8 Å². The number of furan rings is 1. The maximum absolute atomic E-state index is 11.9. The van der Waals surface area contributed by atoms with Crippen molar-refractivity contribution in [2.75, 3.05) is 0 Å². The molecule has 4 aromatic rings. The normalized spacial score (nSPS) is 11.3. The van der Waals surface area contributed by atoms with Gasteiger partial charge in [-0.25, -0.2) is 4.98 Å². The number of fused-ring (bicyclic) bond motifs is 1. The standard InChI is InChI=1S/C14H10N4O3S2/c1-7-8(2-4-20-7)13-17-18-14(21-13)23-6-10-15-9-3-5-22-11(9)12(19)16-10/h2-5H,6H2,1H3,(H,15,16,19). The lowest BCUT2D eigenvalue weighted by Crippen LogP contribution is -2.09. The highest BCUT2D eigenvalue weighted by atomic mass is 32.2. The van der Waals surface area contributed by atoms with Crippen molar-refractivity contribution in [2.24, 2.45) is 0 Å². The highest BCUT2D eigenvalue weighted by molar-refractivity contribution is 7.98. The van der Waals surface area contributed by atoms with Crippen molar-refractivity contribution in [3.63, 3.8) is 0 Å². The minimum atomic E-state index is -0.124. The Bertz CT molecular complexity index is 1030. The predicted molar refractivity (Wildman–Crippen MR) is 86.5 cm³/mol. The Morgan fingerprint density at radius 1 is 1.35 bits per heavy atom. The first-order chi connectivity index (χ1) is 11.2. The van der Waals surface area contributed by atoms with Gasteiger partial charge in [-0.3, -0.25) is 4.79 Å². The van der Waals surface area contributed by atoms with E-state index in [1.165, 1.54) is 23.1 Å². The number of thiophene rings is 1. The molecule has 0 radical (unpaired) electrons. The van der Waals surface area contributed by atoms with Crippen LogP contribution in [0.25, 0.3) is 21.7 Å². The van der Waals surface area contributed by atoms with E-state index in [0.717, 1.165) is 11.3 Å². The molecule has 0 aromatic carbocycles. The van der Waals surface area contributed by atoms with Gasteiger partial charge in [-0.1, -0.05) is 11.8 Å². The highest BCUT2D eigenvalue weighted by Gasteiger charge is 2.14. The van der Waals surface area contributed by atoms with E-state index in [1.807, 2.05) is 18.4 Å². The van der Waals surface area contributed by atoms with Gasteiger partial charge in [-0.2, -0.15) is 0 Å². The second kappa shape index (κ2) is 5.67. The van der Waals surface area contributed by atoms with Gasteiger partial charge in [0.05, 0.1) is 23.1 Å². The zero-order valence-corrected chi connectivity index (χ0v) is 13.5. The summed E-state index contributed by atoms with van der Waals surface area (Å²) in [4.78, 5) is 19.1. The van der Waals surface area contributed by atoms with E-state index in [2.05, 4.69) is 20.2 Å². The average molecular weight is 346 g/mol. The molecule has 23 heavy (non-hydrogen) atoms. The van der Waals surface area contributed by atoms with Gasteiger partial charge in [0.2, 0.25) is 0 Å². The number of hydrogen-bond donors (Lipinski definition) is 1. The van der Waals surface area contributed by atoms with Crippen molar-refractivity contribution in [1.29, 1.82) is 0 Å². The molecule has 0 unspecified atom stereocenters. The summed E-state index contributed by atoms with van der Waals surface area (Å²) >= 11 is 2.69. The Morgan fingerprint density at radius 2 is 2.26 bits per heavy atom. The molecule has 0 amide bonds. The van der Waals surface area contributed by atoms with Crippen LogP contribution in [0.5, 0.6) is 0 Å². The van der Waals surface area contributed by atoms with Gasteiger partial charge in [-0.05, 0) is 24.4 Å². The molecule has 0 aliphatic rings. The summed E-state index contributed by atoms with van der Waals surface area (Å²) in [5.41, 5.74) is 1.35. The van der Waals surface area contributed by atoms with Crippen molar-refractivity contribution in [2.45, 2.75) is 17.9 Å². The maximum atomic E-state index is 11.9. The van der Waals surface area contributed by atoms with E-state index in [-0.39, 0.29) is 5.56 Å². The number of nitrogens with one attached hydrogen (secondary N) is 1. The molecule has 4 rings (SSSR count). The third kappa shape index (κ3) is 2.68. The van der Waals surface area contributed by atoms with Gasteiger partial charge in [0.15, 0.2) is 0 Å². The Labute approximate surface area is 137 Å². The van der Waals surface area contributed by atoms with Crippen molar-refractivity contribution in [3.8, 4) is 11.5 Å². The summed E-state index contributed by atoms with van der Waals surface area (Å²) in [5.74, 6) is 2.14. The Balaban J connectivity index is 1.53. The monoisotopic (exact) mass is 346 g/mol. The predicted octanol–water partition coefficient (Wildman–Crippen LogP) is 3.23. The molecule has 0 fully saturated rings. The summed E-state index contributed by atoms with van der Waals surface area (Å²) in [5, 5.41) is 10.3. The molecule has 0 bridgehead atoms. The second-order valence-corrected chi connectivity index (χ2v) is 6.54. The van der Waals surface area contributed by atoms with Crippen LogP contribution in [0.1, 0.15) is 11.6 Å². The zero-order valence-electron chi connectivity index (χ0n) is 11.9. The first-order valence-electron chi connectivity index (χ1n) is 6.68. The molecule has 4 aromatic heterocycles. The van der Waals surface area contributed by atoms with Crippen molar-refractivity contribution < 1.29 is 8.83 Å². The maximum Gasteiger partial charge on any atom is 0.277 e. The fourth-order valence-corrected chi connectivity index (χ4v) is 3.46. The molecule has 0 aliphatic heterocycles. The zero-order chi connectivity index (χ0) is 15.8. The summed E-state index contributed by atoms with van der Waals surface area (Å²) in [7, 11) is 0. The van der Waals surface area contributed by atoms with E-state index in [1.54, 1.807) is 12.3 Å². The molecule has 4 heterocycles. The molecule has 0 saturated carbocycles. The topological polar surface area (TPSA) is 97.8 Å². The Hall–Kier alpha value is -2.39. The van der Waals surface area contributed by atoms with Crippen LogP contribution in [0.3, 0.4) is 0 Å². The lowest BCUT2D eigenvalue weighted by molar-refractivity contribution is 0.463. The number of aromatic amines is 1. The number of rotatable bonds is 4. The number of H-pyrrole nitrogens is 1. The first kappa shape index (κ1) is 14.2. The summed E-state index contributed by atoms with van der Waals surface area (Å²) in [6.45, 7) is 1.83. The van der Waals surface area contributed by atoms with E-state index in [4.69, 9.17) is 8.83 Å². The molecule has 0 atom stereocenters. The second-order valence-electron chi connectivity index (χ2n) is 4.70. The third-order valence-corrected chi connectivity index (χ3v) is 4.92. The molecule has 1 N–H and O–H groups in total. The van der Waals surface area contributed by atoms with Crippen LogP contribution >= 0.6 is 23.1 Å². The van der Waals surface area contributed by atoms with Crippen LogP contribution in [0.15, 0.2) is 42.6 Å². The molecule has 7 nitrogen and oxygen atoms in total. The Kier molecular flexibility index (Phi) is 3.50. The third-order valence-electron chi connectivity index (χ3n) is 3.19. The number of thioether (sulfide) groups is 1. The SMILES string of the molecule is Cc1occc1-c1nnc(SCc2nc3ccsc3c(=O)[nH]2)o1. The van der Waals surface area contributed by atoms with Gasteiger partial charge in [0, 0.05) is 0 Å². The van der Waals surface area contributed by atoms with Gasteiger partial charge in [-0.15, -0.1) is 21.5 Å². The van der Waals surface area contributed by atoms with Crippen molar-refractivity contribution >= 4 is 33.3 Å². The van der Waals surface area contributed by atoms with Crippen LogP contribution in [0, 0.1) is 6.92 Å². The van der Waals surface area contributed by atoms with Crippen molar-refractivity contribution in [3.05, 3.63) is 45.7 Å². The smallest absolute Gasteiger partial charge is 0.277 e. The van der Waals surface area contributed by atoms with E-state index < -0.39 is 0 Å². The quantitative estimate of drug-likeness (QED) is 0.566. The van der Waals surface area contributed by atoms with Crippen molar-refractivity contribution in [1.82, 2.24) is 20.2 Å². The molecule has 116 valence electrons. The van der Waals surface area contributed by atoms with Crippen LogP contribution in [0.2, 0.25) is 0 Å².